The van der Waals surface area contributed by atoms with Crippen LogP contribution >= 0.6 is 0 Å². The molecule has 0 radical (unpaired) electrons. The summed E-state index contributed by atoms with van der Waals surface area (Å²) in [5.41, 5.74) is 4.04. The van der Waals surface area contributed by atoms with Crippen molar-refractivity contribution in [3.63, 3.8) is 0 Å². The van der Waals surface area contributed by atoms with Gasteiger partial charge in [-0.15, -0.1) is 0 Å². The Bertz CT molecular complexity index is 370. The van der Waals surface area contributed by atoms with Crippen LogP contribution in [0.25, 0.3) is 0 Å². The molecule has 0 spiro atoms. The first kappa shape index (κ1) is 12.4. The largest absolute Gasteiger partial charge is 0.361 e. The molecule has 2 rings (SSSR count). The maximum Gasteiger partial charge on any atom is 0.0704 e. The maximum atomic E-state index is 3.39. The van der Waals surface area contributed by atoms with Crippen LogP contribution < -0.4 is 10.2 Å². The van der Waals surface area contributed by atoms with E-state index in [9.17, 15) is 0 Å². The molecule has 3 nitrogen and oxygen atoms in total. The van der Waals surface area contributed by atoms with Crippen LogP contribution in [-0.4, -0.2) is 44.8 Å². The summed E-state index contributed by atoms with van der Waals surface area (Å²) < 4.78 is 0. The van der Waals surface area contributed by atoms with Gasteiger partial charge in [0.1, 0.15) is 0 Å². The van der Waals surface area contributed by atoms with E-state index in [2.05, 4.69) is 54.2 Å². The molecule has 1 aromatic rings. The van der Waals surface area contributed by atoms with E-state index < -0.39 is 0 Å². The second kappa shape index (κ2) is 5.52. The van der Waals surface area contributed by atoms with Crippen molar-refractivity contribution in [3.05, 3.63) is 29.3 Å². The first-order valence-electron chi connectivity index (χ1n) is 6.38. The SMILES string of the molecule is Cc1ccc(N(C)CN2CCNCC2)c(C)c1. The molecule has 1 aliphatic heterocycles. The van der Waals surface area contributed by atoms with Gasteiger partial charge in [-0.1, -0.05) is 17.7 Å². The van der Waals surface area contributed by atoms with Crippen LogP contribution in [0.5, 0.6) is 0 Å². The third kappa shape index (κ3) is 3.20. The van der Waals surface area contributed by atoms with Gasteiger partial charge in [-0.2, -0.15) is 0 Å². The number of hydrogen-bond donors (Lipinski definition) is 1. The van der Waals surface area contributed by atoms with Gasteiger partial charge in [0.15, 0.2) is 0 Å². The average molecular weight is 233 g/mol. The molecule has 0 aliphatic carbocycles. The predicted octanol–water partition coefficient (Wildman–Crippen LogP) is 1.60. The van der Waals surface area contributed by atoms with Crippen LogP contribution in [0.3, 0.4) is 0 Å². The van der Waals surface area contributed by atoms with Crippen molar-refractivity contribution in [2.45, 2.75) is 13.8 Å². The zero-order valence-electron chi connectivity index (χ0n) is 11.2. The van der Waals surface area contributed by atoms with Gasteiger partial charge in [0.25, 0.3) is 0 Å². The lowest BCUT2D eigenvalue weighted by atomic mass is 10.1. The summed E-state index contributed by atoms with van der Waals surface area (Å²) >= 11 is 0. The number of aryl methyl sites for hydroxylation is 2. The van der Waals surface area contributed by atoms with Gasteiger partial charge in [-0.25, -0.2) is 0 Å². The van der Waals surface area contributed by atoms with Crippen molar-refractivity contribution in [3.8, 4) is 0 Å². The van der Waals surface area contributed by atoms with Gasteiger partial charge in [-0.3, -0.25) is 4.90 Å². The topological polar surface area (TPSA) is 18.5 Å². The van der Waals surface area contributed by atoms with Gasteiger partial charge in [0.05, 0.1) is 6.67 Å². The molecule has 1 heterocycles. The molecular formula is C14H23N3. The van der Waals surface area contributed by atoms with E-state index in [-0.39, 0.29) is 0 Å². The van der Waals surface area contributed by atoms with E-state index >= 15 is 0 Å². The van der Waals surface area contributed by atoms with Crippen molar-refractivity contribution in [1.29, 1.82) is 0 Å². The van der Waals surface area contributed by atoms with Crippen LogP contribution in [-0.2, 0) is 0 Å². The van der Waals surface area contributed by atoms with Crippen molar-refractivity contribution in [2.24, 2.45) is 0 Å². The molecular weight excluding hydrogens is 210 g/mol. The Morgan fingerprint density at radius 2 is 1.94 bits per heavy atom. The van der Waals surface area contributed by atoms with E-state index in [0.717, 1.165) is 32.8 Å². The second-order valence-corrected chi connectivity index (χ2v) is 5.00. The van der Waals surface area contributed by atoms with Gasteiger partial charge in [0, 0.05) is 38.9 Å². The normalized spacial score (nSPS) is 17.1. The summed E-state index contributed by atoms with van der Waals surface area (Å²) in [5, 5.41) is 3.39. The molecule has 94 valence electrons. The Morgan fingerprint density at radius 3 is 2.59 bits per heavy atom. The lowest BCUT2D eigenvalue weighted by Crippen LogP contribution is -2.47. The van der Waals surface area contributed by atoms with Crippen LogP contribution in [0.15, 0.2) is 18.2 Å². The summed E-state index contributed by atoms with van der Waals surface area (Å²) in [5.74, 6) is 0. The number of anilines is 1. The fourth-order valence-electron chi connectivity index (χ4n) is 2.46. The van der Waals surface area contributed by atoms with E-state index in [1.54, 1.807) is 0 Å². The van der Waals surface area contributed by atoms with Crippen molar-refractivity contribution < 1.29 is 0 Å². The molecule has 0 unspecified atom stereocenters. The molecule has 0 bridgehead atoms. The lowest BCUT2D eigenvalue weighted by molar-refractivity contribution is 0.243. The molecule has 17 heavy (non-hydrogen) atoms. The fraction of sp³-hybridized carbons (Fsp3) is 0.571. The van der Waals surface area contributed by atoms with Crippen molar-refractivity contribution in [1.82, 2.24) is 10.2 Å². The highest BCUT2D eigenvalue weighted by molar-refractivity contribution is 5.53. The standard InChI is InChI=1S/C14H23N3/c1-12-4-5-14(13(2)10-12)16(3)11-17-8-6-15-7-9-17/h4-5,10,15H,6-9,11H2,1-3H3. The van der Waals surface area contributed by atoms with E-state index in [4.69, 9.17) is 0 Å². The zero-order valence-corrected chi connectivity index (χ0v) is 11.2. The Hall–Kier alpha value is -1.06. The smallest absolute Gasteiger partial charge is 0.0704 e. The fourth-order valence-corrected chi connectivity index (χ4v) is 2.46. The van der Waals surface area contributed by atoms with Crippen LogP contribution in [0.4, 0.5) is 5.69 Å². The van der Waals surface area contributed by atoms with Gasteiger partial charge >= 0.3 is 0 Å². The molecule has 1 aliphatic rings. The van der Waals surface area contributed by atoms with E-state index in [1.165, 1.54) is 16.8 Å². The molecule has 1 N–H and O–H groups in total. The molecule has 1 fully saturated rings. The number of nitrogens with one attached hydrogen (secondary N) is 1. The van der Waals surface area contributed by atoms with E-state index in [1.807, 2.05) is 0 Å². The van der Waals surface area contributed by atoms with Gasteiger partial charge in [-0.05, 0) is 25.5 Å². The zero-order chi connectivity index (χ0) is 12.3. The molecule has 0 amide bonds. The number of nitrogens with zero attached hydrogens (tertiary/aromatic N) is 2. The summed E-state index contributed by atoms with van der Waals surface area (Å²) in [7, 11) is 2.18. The number of rotatable bonds is 3. The van der Waals surface area contributed by atoms with Crippen molar-refractivity contribution in [2.75, 3.05) is 44.8 Å². The summed E-state index contributed by atoms with van der Waals surface area (Å²) in [6.07, 6.45) is 0. The number of benzene rings is 1. The number of piperazine rings is 1. The van der Waals surface area contributed by atoms with Crippen LogP contribution in [0.2, 0.25) is 0 Å². The third-order valence-corrected chi connectivity index (χ3v) is 3.39. The molecule has 1 aromatic carbocycles. The van der Waals surface area contributed by atoms with E-state index in [0.29, 0.717) is 0 Å². The number of hydrogen-bond acceptors (Lipinski definition) is 3. The Labute approximate surface area is 104 Å². The quantitative estimate of drug-likeness (QED) is 0.855. The van der Waals surface area contributed by atoms with Crippen LogP contribution in [0.1, 0.15) is 11.1 Å². The first-order chi connectivity index (χ1) is 8.16. The van der Waals surface area contributed by atoms with Gasteiger partial charge in [0.2, 0.25) is 0 Å². The van der Waals surface area contributed by atoms with Crippen molar-refractivity contribution >= 4 is 5.69 Å². The average Bonchev–Trinajstić information content (AvgIpc) is 2.30. The highest BCUT2D eigenvalue weighted by atomic mass is 15.3. The molecule has 0 atom stereocenters. The Kier molecular flexibility index (Phi) is 4.02. The first-order valence-corrected chi connectivity index (χ1v) is 6.38. The monoisotopic (exact) mass is 233 g/mol. The minimum absolute atomic E-state index is 1.02. The Balaban J connectivity index is 2.00. The molecule has 3 heteroatoms. The second-order valence-electron chi connectivity index (χ2n) is 5.00. The minimum atomic E-state index is 1.02. The lowest BCUT2D eigenvalue weighted by Gasteiger charge is -2.32. The predicted molar refractivity (Wildman–Crippen MR) is 73.6 cm³/mol. The molecule has 0 aromatic heterocycles. The summed E-state index contributed by atoms with van der Waals surface area (Å²) in [6, 6.07) is 6.67. The third-order valence-electron chi connectivity index (χ3n) is 3.39. The van der Waals surface area contributed by atoms with Crippen LogP contribution in [0, 0.1) is 13.8 Å². The summed E-state index contributed by atoms with van der Waals surface area (Å²) in [4.78, 5) is 4.84. The molecule has 0 saturated carbocycles. The van der Waals surface area contributed by atoms with Gasteiger partial charge < -0.3 is 10.2 Å². The maximum absolute atomic E-state index is 3.39. The summed E-state index contributed by atoms with van der Waals surface area (Å²) in [6.45, 7) is 9.88. The highest BCUT2D eigenvalue weighted by Gasteiger charge is 2.12. The minimum Gasteiger partial charge on any atom is -0.361 e. The Morgan fingerprint density at radius 1 is 1.24 bits per heavy atom. The highest BCUT2D eigenvalue weighted by Crippen LogP contribution is 2.20. The molecule has 1 saturated heterocycles.